The smallest absolute Gasteiger partial charge is 0.169 e. The van der Waals surface area contributed by atoms with Gasteiger partial charge in [-0.3, -0.25) is 0 Å². The Morgan fingerprint density at radius 2 is 1.78 bits per heavy atom. The van der Waals surface area contributed by atoms with Crippen LogP contribution in [0.4, 0.5) is 0 Å². The Morgan fingerprint density at radius 1 is 1.06 bits per heavy atom. The van der Waals surface area contributed by atoms with E-state index in [1.807, 2.05) is 0 Å². The van der Waals surface area contributed by atoms with Crippen LogP contribution in [0.3, 0.4) is 0 Å². The quantitative estimate of drug-likeness (QED) is 0.871. The summed E-state index contributed by atoms with van der Waals surface area (Å²) in [6, 6.07) is 10.6. The summed E-state index contributed by atoms with van der Waals surface area (Å²) < 4.78 is 11.8. The highest BCUT2D eigenvalue weighted by molar-refractivity contribution is 5.27. The van der Waals surface area contributed by atoms with Crippen LogP contribution in [0.2, 0.25) is 0 Å². The minimum atomic E-state index is -0.368. The first-order valence-electron chi connectivity index (χ1n) is 6.82. The van der Waals surface area contributed by atoms with Crippen molar-refractivity contribution in [3.8, 4) is 0 Å². The van der Waals surface area contributed by atoms with Crippen LogP contribution in [-0.4, -0.2) is 25.5 Å². The molecule has 3 heteroatoms. The average Bonchev–Trinajstić information content (AvgIpc) is 2.87. The number of hydrogen-bond donors (Lipinski definition) is 1. The molecule has 98 valence electrons. The van der Waals surface area contributed by atoms with Gasteiger partial charge in [0.15, 0.2) is 5.79 Å². The molecule has 1 aliphatic carbocycles. The molecule has 3 nitrogen and oxygen atoms in total. The molecule has 0 bridgehead atoms. The summed E-state index contributed by atoms with van der Waals surface area (Å²) in [6.45, 7) is 2.09. The minimum absolute atomic E-state index is 0.0177. The van der Waals surface area contributed by atoms with Gasteiger partial charge in [-0.25, -0.2) is 0 Å². The maximum absolute atomic E-state index is 6.11. The Kier molecular flexibility index (Phi) is 3.14. The third-order valence-electron chi connectivity index (χ3n) is 4.41. The van der Waals surface area contributed by atoms with Gasteiger partial charge in [0.05, 0.1) is 13.2 Å². The maximum atomic E-state index is 6.11. The monoisotopic (exact) mass is 247 g/mol. The van der Waals surface area contributed by atoms with E-state index in [4.69, 9.17) is 15.2 Å². The van der Waals surface area contributed by atoms with Crippen LogP contribution in [0.25, 0.3) is 0 Å². The van der Waals surface area contributed by atoms with Crippen molar-refractivity contribution in [3.05, 3.63) is 35.9 Å². The highest BCUT2D eigenvalue weighted by Crippen LogP contribution is 2.46. The van der Waals surface area contributed by atoms with Crippen molar-refractivity contribution in [1.82, 2.24) is 0 Å². The largest absolute Gasteiger partial charge is 0.348 e. The molecule has 1 aromatic rings. The molecule has 2 N–H and O–H groups in total. The molecule has 18 heavy (non-hydrogen) atoms. The van der Waals surface area contributed by atoms with Gasteiger partial charge in [0.2, 0.25) is 0 Å². The topological polar surface area (TPSA) is 44.5 Å². The predicted molar refractivity (Wildman–Crippen MR) is 70.3 cm³/mol. The van der Waals surface area contributed by atoms with Gasteiger partial charge in [-0.05, 0) is 18.4 Å². The molecule has 1 spiro atoms. The van der Waals surface area contributed by atoms with Crippen molar-refractivity contribution in [2.24, 2.45) is 5.73 Å². The molecule has 1 aliphatic heterocycles. The van der Waals surface area contributed by atoms with Crippen molar-refractivity contribution in [3.63, 3.8) is 0 Å². The van der Waals surface area contributed by atoms with Gasteiger partial charge in [-0.2, -0.15) is 0 Å². The van der Waals surface area contributed by atoms with Gasteiger partial charge in [-0.1, -0.05) is 30.3 Å². The lowest BCUT2D eigenvalue weighted by molar-refractivity contribution is -0.190. The lowest BCUT2D eigenvalue weighted by atomic mass is 9.67. The molecule has 1 saturated heterocycles. The second-order valence-electron chi connectivity index (χ2n) is 5.49. The van der Waals surface area contributed by atoms with Gasteiger partial charge in [0.25, 0.3) is 0 Å². The van der Waals surface area contributed by atoms with E-state index in [1.54, 1.807) is 0 Å². The Labute approximate surface area is 108 Å². The molecule has 1 aromatic carbocycles. The zero-order valence-electron chi connectivity index (χ0n) is 10.7. The first kappa shape index (κ1) is 12.2. The number of nitrogens with two attached hydrogens (primary N) is 1. The SMILES string of the molecule is NCC1(c2ccccc2)CCCC2(C1)OCCO2. The molecular formula is C15H21NO2. The van der Waals surface area contributed by atoms with Crippen LogP contribution in [0.15, 0.2) is 30.3 Å². The van der Waals surface area contributed by atoms with Crippen LogP contribution in [-0.2, 0) is 14.9 Å². The van der Waals surface area contributed by atoms with Gasteiger partial charge >= 0.3 is 0 Å². The fourth-order valence-electron chi connectivity index (χ4n) is 3.46. The summed E-state index contributed by atoms with van der Waals surface area (Å²) >= 11 is 0. The second kappa shape index (κ2) is 4.65. The minimum Gasteiger partial charge on any atom is -0.348 e. The van der Waals surface area contributed by atoms with Crippen molar-refractivity contribution in [2.45, 2.75) is 36.9 Å². The number of rotatable bonds is 2. The lowest BCUT2D eigenvalue weighted by Crippen LogP contribution is -2.48. The summed E-state index contributed by atoms with van der Waals surface area (Å²) in [5, 5.41) is 0. The zero-order valence-corrected chi connectivity index (χ0v) is 10.7. The van der Waals surface area contributed by atoms with Crippen LogP contribution >= 0.6 is 0 Å². The molecule has 2 fully saturated rings. The molecule has 1 heterocycles. The molecule has 0 aromatic heterocycles. The number of ether oxygens (including phenoxy) is 2. The summed E-state index contributed by atoms with van der Waals surface area (Å²) in [6.07, 6.45) is 4.14. The highest BCUT2D eigenvalue weighted by atomic mass is 16.7. The normalized spacial score (nSPS) is 30.7. The van der Waals surface area contributed by atoms with E-state index >= 15 is 0 Å². The maximum Gasteiger partial charge on any atom is 0.169 e. The molecule has 3 rings (SSSR count). The van der Waals surface area contributed by atoms with Crippen LogP contribution in [0.5, 0.6) is 0 Å². The average molecular weight is 247 g/mol. The van der Waals surface area contributed by atoms with E-state index in [2.05, 4.69) is 30.3 Å². The second-order valence-corrected chi connectivity index (χ2v) is 5.49. The molecular weight excluding hydrogens is 226 g/mol. The van der Waals surface area contributed by atoms with Crippen LogP contribution < -0.4 is 5.73 Å². The number of benzene rings is 1. The van der Waals surface area contributed by atoms with E-state index in [0.29, 0.717) is 6.54 Å². The summed E-state index contributed by atoms with van der Waals surface area (Å²) in [5.74, 6) is -0.368. The Hall–Kier alpha value is -0.900. The van der Waals surface area contributed by atoms with Crippen molar-refractivity contribution < 1.29 is 9.47 Å². The van der Waals surface area contributed by atoms with Crippen molar-refractivity contribution in [1.29, 1.82) is 0 Å². The van der Waals surface area contributed by atoms with Gasteiger partial charge in [0, 0.05) is 24.8 Å². The van der Waals surface area contributed by atoms with E-state index in [-0.39, 0.29) is 11.2 Å². The zero-order chi connectivity index (χ0) is 12.5. The van der Waals surface area contributed by atoms with E-state index in [0.717, 1.165) is 38.9 Å². The Balaban J connectivity index is 1.91. The van der Waals surface area contributed by atoms with Crippen molar-refractivity contribution >= 4 is 0 Å². The van der Waals surface area contributed by atoms with E-state index in [9.17, 15) is 0 Å². The van der Waals surface area contributed by atoms with Crippen LogP contribution in [0, 0.1) is 0 Å². The molecule has 0 amide bonds. The van der Waals surface area contributed by atoms with E-state index in [1.165, 1.54) is 5.56 Å². The van der Waals surface area contributed by atoms with E-state index < -0.39 is 0 Å². The van der Waals surface area contributed by atoms with Gasteiger partial charge in [-0.15, -0.1) is 0 Å². The van der Waals surface area contributed by atoms with Gasteiger partial charge in [0.1, 0.15) is 0 Å². The Bertz CT molecular complexity index is 400. The fourth-order valence-corrected chi connectivity index (χ4v) is 3.46. The highest BCUT2D eigenvalue weighted by Gasteiger charge is 2.48. The number of hydrogen-bond acceptors (Lipinski definition) is 3. The summed E-state index contributed by atoms with van der Waals surface area (Å²) in [5.41, 5.74) is 7.45. The fraction of sp³-hybridized carbons (Fsp3) is 0.600. The molecule has 0 radical (unpaired) electrons. The third kappa shape index (κ3) is 1.96. The van der Waals surface area contributed by atoms with Crippen LogP contribution in [0.1, 0.15) is 31.2 Å². The first-order chi connectivity index (χ1) is 8.79. The molecule has 1 unspecified atom stereocenters. The summed E-state index contributed by atoms with van der Waals surface area (Å²) in [4.78, 5) is 0. The molecule has 2 aliphatic rings. The third-order valence-corrected chi connectivity index (χ3v) is 4.41. The standard InChI is InChI=1S/C15H21NO2/c16-12-14(13-5-2-1-3-6-13)7-4-8-15(11-14)17-9-10-18-15/h1-3,5-6H,4,7-12,16H2. The Morgan fingerprint density at radius 3 is 2.44 bits per heavy atom. The predicted octanol–water partition coefficient (Wildman–Crippen LogP) is 2.20. The van der Waals surface area contributed by atoms with Gasteiger partial charge < -0.3 is 15.2 Å². The molecule has 1 saturated carbocycles. The molecule has 1 atom stereocenters. The summed E-state index contributed by atoms with van der Waals surface area (Å²) in [7, 11) is 0. The first-order valence-corrected chi connectivity index (χ1v) is 6.82. The van der Waals surface area contributed by atoms with Crippen molar-refractivity contribution in [2.75, 3.05) is 19.8 Å². The lowest BCUT2D eigenvalue weighted by Gasteiger charge is -2.44.